The van der Waals surface area contributed by atoms with Crippen molar-refractivity contribution in [3.05, 3.63) is 35.5 Å². The number of hydrogen-bond acceptors (Lipinski definition) is 3. The van der Waals surface area contributed by atoms with E-state index >= 15 is 0 Å². The lowest BCUT2D eigenvalue weighted by atomic mass is 9.62. The lowest BCUT2D eigenvalue weighted by Gasteiger charge is -2.43. The number of aliphatic hydroxyl groups excluding tert-OH is 2. The highest BCUT2D eigenvalue weighted by Crippen LogP contribution is 2.58. The molecule has 0 amide bonds. The van der Waals surface area contributed by atoms with Crippen molar-refractivity contribution < 1.29 is 15.3 Å². The van der Waals surface area contributed by atoms with E-state index in [2.05, 4.69) is 32.1 Å². The standard InChI is InChI=1S/C27H44O3/c1-18(8-6-14-26(3,4)30)22-12-13-23-21(9-7-15-27(22,23)5)11-10-20-16-24(28)19(2)25(29)17-20/h9-11,16,18-19,22-25,28-30H,6-8,12-15,17H2,1-5H3/b11-10-/t18-,19+,22-,23-,24-,25-,27-/m1/s1. The average Bonchev–Trinajstić information content (AvgIpc) is 3.00. The maximum Gasteiger partial charge on any atom is 0.0776 e. The van der Waals surface area contributed by atoms with E-state index in [0.29, 0.717) is 23.7 Å². The smallest absolute Gasteiger partial charge is 0.0776 e. The summed E-state index contributed by atoms with van der Waals surface area (Å²) in [5, 5.41) is 30.4. The van der Waals surface area contributed by atoms with Gasteiger partial charge < -0.3 is 15.3 Å². The number of fused-ring (bicyclic) bond motifs is 1. The second-order valence-corrected chi connectivity index (χ2v) is 11.4. The average molecular weight is 417 g/mol. The molecule has 1 fully saturated rings. The van der Waals surface area contributed by atoms with E-state index < -0.39 is 17.8 Å². The highest BCUT2D eigenvalue weighted by Gasteiger charge is 2.49. The predicted octanol–water partition coefficient (Wildman–Crippen LogP) is 5.56. The first-order valence-corrected chi connectivity index (χ1v) is 12.2. The van der Waals surface area contributed by atoms with Crippen LogP contribution >= 0.6 is 0 Å². The van der Waals surface area contributed by atoms with Crippen LogP contribution in [0.1, 0.15) is 86.0 Å². The molecule has 7 atom stereocenters. The number of aliphatic hydroxyl groups is 3. The Bertz CT molecular complexity index is 683. The summed E-state index contributed by atoms with van der Waals surface area (Å²) in [6.45, 7) is 10.7. The molecular weight excluding hydrogens is 372 g/mol. The normalized spacial score (nSPS) is 38.3. The highest BCUT2D eigenvalue weighted by atomic mass is 16.3. The summed E-state index contributed by atoms with van der Waals surface area (Å²) < 4.78 is 0. The van der Waals surface area contributed by atoms with Crippen molar-refractivity contribution in [1.82, 2.24) is 0 Å². The summed E-state index contributed by atoms with van der Waals surface area (Å²) in [4.78, 5) is 0. The minimum absolute atomic E-state index is 0.0900. The van der Waals surface area contributed by atoms with E-state index in [4.69, 9.17) is 0 Å². The maximum absolute atomic E-state index is 10.2. The summed E-state index contributed by atoms with van der Waals surface area (Å²) in [5.74, 6) is 1.97. The monoisotopic (exact) mass is 416 g/mol. The van der Waals surface area contributed by atoms with Crippen molar-refractivity contribution in [3.63, 3.8) is 0 Å². The van der Waals surface area contributed by atoms with Gasteiger partial charge >= 0.3 is 0 Å². The zero-order valence-electron chi connectivity index (χ0n) is 19.8. The van der Waals surface area contributed by atoms with Crippen molar-refractivity contribution in [2.75, 3.05) is 0 Å². The van der Waals surface area contributed by atoms with E-state index in [1.165, 1.54) is 31.3 Å². The van der Waals surface area contributed by atoms with Crippen LogP contribution in [-0.4, -0.2) is 33.1 Å². The molecule has 3 aliphatic carbocycles. The summed E-state index contributed by atoms with van der Waals surface area (Å²) in [6, 6.07) is 0. The third kappa shape index (κ3) is 5.29. The van der Waals surface area contributed by atoms with Gasteiger partial charge in [-0.3, -0.25) is 0 Å². The molecule has 0 aromatic heterocycles. The third-order valence-corrected chi connectivity index (χ3v) is 8.47. The minimum Gasteiger partial charge on any atom is -0.392 e. The summed E-state index contributed by atoms with van der Waals surface area (Å²) in [6.07, 6.45) is 16.5. The number of allylic oxidation sites excluding steroid dienone is 4. The molecule has 0 aromatic carbocycles. The number of hydrogen-bond donors (Lipinski definition) is 3. The van der Waals surface area contributed by atoms with Crippen LogP contribution in [0.25, 0.3) is 0 Å². The summed E-state index contributed by atoms with van der Waals surface area (Å²) >= 11 is 0. The lowest BCUT2D eigenvalue weighted by Crippen LogP contribution is -2.35. The van der Waals surface area contributed by atoms with Gasteiger partial charge in [0.25, 0.3) is 0 Å². The van der Waals surface area contributed by atoms with E-state index in [1.54, 1.807) is 0 Å². The largest absolute Gasteiger partial charge is 0.392 e. The zero-order chi connectivity index (χ0) is 22.1. The molecule has 3 aliphatic rings. The van der Waals surface area contributed by atoms with E-state index in [-0.39, 0.29) is 5.92 Å². The first-order chi connectivity index (χ1) is 14.0. The molecule has 0 unspecified atom stereocenters. The summed E-state index contributed by atoms with van der Waals surface area (Å²) in [5.41, 5.74) is 2.31. The van der Waals surface area contributed by atoms with Crippen LogP contribution in [0.4, 0.5) is 0 Å². The highest BCUT2D eigenvalue weighted by molar-refractivity contribution is 5.35. The molecule has 1 saturated carbocycles. The number of rotatable bonds is 7. The van der Waals surface area contributed by atoms with Crippen molar-refractivity contribution in [3.8, 4) is 0 Å². The molecule has 0 heterocycles. The van der Waals surface area contributed by atoms with Crippen LogP contribution in [0.2, 0.25) is 0 Å². The van der Waals surface area contributed by atoms with Crippen LogP contribution in [0.3, 0.4) is 0 Å². The van der Waals surface area contributed by atoms with Gasteiger partial charge in [-0.2, -0.15) is 0 Å². The van der Waals surface area contributed by atoms with Crippen molar-refractivity contribution in [1.29, 1.82) is 0 Å². The fourth-order valence-corrected chi connectivity index (χ4v) is 6.46. The molecule has 170 valence electrons. The quantitative estimate of drug-likeness (QED) is 0.509. The Labute approximate surface area is 184 Å². The topological polar surface area (TPSA) is 60.7 Å². The molecule has 3 nitrogen and oxygen atoms in total. The predicted molar refractivity (Wildman–Crippen MR) is 124 cm³/mol. The molecule has 0 spiro atoms. The Morgan fingerprint density at radius 2 is 1.97 bits per heavy atom. The molecule has 30 heavy (non-hydrogen) atoms. The van der Waals surface area contributed by atoms with E-state index in [9.17, 15) is 15.3 Å². The van der Waals surface area contributed by atoms with Crippen molar-refractivity contribution in [2.24, 2.45) is 29.1 Å². The van der Waals surface area contributed by atoms with Crippen molar-refractivity contribution in [2.45, 2.75) is 104 Å². The van der Waals surface area contributed by atoms with Crippen LogP contribution in [0.15, 0.2) is 35.5 Å². The molecular formula is C27H44O3. The molecule has 0 aromatic rings. The Morgan fingerprint density at radius 3 is 2.63 bits per heavy atom. The van der Waals surface area contributed by atoms with E-state index in [0.717, 1.165) is 30.8 Å². The van der Waals surface area contributed by atoms with Gasteiger partial charge in [-0.1, -0.05) is 57.9 Å². The van der Waals surface area contributed by atoms with Gasteiger partial charge in [-0.05, 0) is 86.7 Å². The molecule has 3 N–H and O–H groups in total. The molecule has 3 heteroatoms. The molecule has 0 saturated heterocycles. The Morgan fingerprint density at radius 1 is 1.23 bits per heavy atom. The van der Waals surface area contributed by atoms with Crippen LogP contribution in [0.5, 0.6) is 0 Å². The van der Waals surface area contributed by atoms with E-state index in [1.807, 2.05) is 26.8 Å². The van der Waals surface area contributed by atoms with Crippen LogP contribution in [-0.2, 0) is 0 Å². The minimum atomic E-state index is -0.556. The lowest BCUT2D eigenvalue weighted by molar-refractivity contribution is 0.0367. The fourth-order valence-electron chi connectivity index (χ4n) is 6.46. The molecule has 0 radical (unpaired) electrons. The van der Waals surface area contributed by atoms with Gasteiger partial charge in [0.15, 0.2) is 0 Å². The van der Waals surface area contributed by atoms with Gasteiger partial charge in [0.1, 0.15) is 0 Å². The van der Waals surface area contributed by atoms with Gasteiger partial charge in [0, 0.05) is 5.92 Å². The van der Waals surface area contributed by atoms with Gasteiger partial charge in [-0.15, -0.1) is 0 Å². The molecule has 3 rings (SSSR count). The van der Waals surface area contributed by atoms with Crippen molar-refractivity contribution >= 4 is 0 Å². The maximum atomic E-state index is 10.2. The van der Waals surface area contributed by atoms with Gasteiger partial charge in [0.05, 0.1) is 17.8 Å². The Hall–Kier alpha value is -0.900. The zero-order valence-corrected chi connectivity index (χ0v) is 19.8. The fraction of sp³-hybridized carbons (Fsp3) is 0.778. The first-order valence-electron chi connectivity index (χ1n) is 12.2. The summed E-state index contributed by atoms with van der Waals surface area (Å²) in [7, 11) is 0. The second kappa shape index (κ2) is 9.30. The SMILES string of the molecule is C[C@H]1[C@H](O)C=C(/C=C\C2=CCC[C@@]3(C)[C@@H]2CC[C@@H]3[C@H](C)CCCC(C)(C)O)C[C@H]1O. The molecule has 0 bridgehead atoms. The Balaban J connectivity index is 1.65. The van der Waals surface area contributed by atoms with Gasteiger partial charge in [0.2, 0.25) is 0 Å². The van der Waals surface area contributed by atoms with Crippen LogP contribution in [0, 0.1) is 29.1 Å². The van der Waals surface area contributed by atoms with Gasteiger partial charge in [-0.25, -0.2) is 0 Å². The third-order valence-electron chi connectivity index (χ3n) is 8.47. The molecule has 0 aliphatic heterocycles. The Kier molecular flexibility index (Phi) is 7.37. The second-order valence-electron chi connectivity index (χ2n) is 11.4. The first kappa shape index (κ1) is 23.8. The van der Waals surface area contributed by atoms with Crippen LogP contribution < -0.4 is 0 Å².